The second-order valence-corrected chi connectivity index (χ2v) is 12.8. The molecule has 0 spiro atoms. The number of amides is 1. The van der Waals surface area contributed by atoms with Crippen molar-refractivity contribution in [2.45, 2.75) is 75.7 Å². The lowest BCUT2D eigenvalue weighted by Gasteiger charge is -2.42. The summed E-state index contributed by atoms with van der Waals surface area (Å²) >= 11 is 6.31. The molecule has 3 aliphatic heterocycles. The maximum absolute atomic E-state index is 14.6. The number of carbonyl (C=O) groups is 1. The molecular formula is C34H47ClFN3O3. The Morgan fingerprint density at radius 2 is 1.69 bits per heavy atom. The number of hydrogen-bond donors (Lipinski definition) is 0. The van der Waals surface area contributed by atoms with Gasteiger partial charge in [-0.25, -0.2) is 4.39 Å². The van der Waals surface area contributed by atoms with E-state index in [0.29, 0.717) is 29.6 Å². The monoisotopic (exact) mass is 599 g/mol. The van der Waals surface area contributed by atoms with Crippen LogP contribution in [0.5, 0.6) is 11.5 Å². The number of hydrogen-bond acceptors (Lipinski definition) is 5. The summed E-state index contributed by atoms with van der Waals surface area (Å²) in [5.41, 5.74) is 1.21. The Labute approximate surface area is 256 Å². The molecule has 0 N–H and O–H groups in total. The molecule has 0 radical (unpaired) electrons. The van der Waals surface area contributed by atoms with Gasteiger partial charge in [-0.15, -0.1) is 0 Å². The lowest BCUT2D eigenvalue weighted by Crippen LogP contribution is -2.48. The third-order valence-corrected chi connectivity index (χ3v) is 10.3. The summed E-state index contributed by atoms with van der Waals surface area (Å²) in [4.78, 5) is 21.0. The Hall–Kier alpha value is -2.35. The van der Waals surface area contributed by atoms with Crippen LogP contribution in [0.3, 0.4) is 0 Å². The fourth-order valence-corrected chi connectivity index (χ4v) is 7.61. The molecule has 0 unspecified atom stereocenters. The Balaban J connectivity index is 1.35. The van der Waals surface area contributed by atoms with Gasteiger partial charge in [0, 0.05) is 35.1 Å². The minimum Gasteiger partial charge on any atom is -0.493 e. The van der Waals surface area contributed by atoms with E-state index in [1.54, 1.807) is 26.4 Å². The van der Waals surface area contributed by atoms with Crippen LogP contribution in [0.15, 0.2) is 36.4 Å². The Morgan fingerprint density at radius 3 is 2.40 bits per heavy atom. The Morgan fingerprint density at radius 1 is 0.952 bits per heavy atom. The molecule has 3 saturated heterocycles. The van der Waals surface area contributed by atoms with E-state index < -0.39 is 5.82 Å². The molecule has 0 saturated carbocycles. The molecule has 8 heteroatoms. The van der Waals surface area contributed by atoms with Crippen molar-refractivity contribution in [2.75, 3.05) is 60.0 Å². The first-order valence-electron chi connectivity index (χ1n) is 15.8. The molecule has 230 valence electrons. The third kappa shape index (κ3) is 7.23. The quantitative estimate of drug-likeness (QED) is 0.337. The predicted molar refractivity (Wildman–Crippen MR) is 166 cm³/mol. The fourth-order valence-electron chi connectivity index (χ4n) is 7.38. The summed E-state index contributed by atoms with van der Waals surface area (Å²) in [5, 5.41) is 0.303. The van der Waals surface area contributed by atoms with E-state index in [-0.39, 0.29) is 23.3 Å². The SMILES string of the molecule is COc1ccc([C@@]2(CCN3CCC(N4CCCCC4)CC3)CCCCN(C(=O)Cc3c(F)cccc3Cl)C2)cc1OC. The van der Waals surface area contributed by atoms with E-state index >= 15 is 0 Å². The maximum Gasteiger partial charge on any atom is 0.227 e. The molecule has 0 aromatic heterocycles. The fraction of sp³-hybridized carbons (Fsp3) is 0.618. The van der Waals surface area contributed by atoms with Gasteiger partial charge in [-0.2, -0.15) is 0 Å². The van der Waals surface area contributed by atoms with Crippen LogP contribution < -0.4 is 9.47 Å². The molecule has 3 fully saturated rings. The molecule has 1 amide bonds. The van der Waals surface area contributed by atoms with Gasteiger partial charge in [0.1, 0.15) is 5.82 Å². The van der Waals surface area contributed by atoms with E-state index in [1.165, 1.54) is 56.8 Å². The van der Waals surface area contributed by atoms with E-state index in [1.807, 2.05) is 11.0 Å². The van der Waals surface area contributed by atoms with E-state index in [2.05, 4.69) is 21.9 Å². The molecule has 2 aromatic rings. The number of rotatable bonds is 9. The van der Waals surface area contributed by atoms with Gasteiger partial charge in [-0.05, 0) is 107 Å². The molecule has 5 rings (SSSR count). The van der Waals surface area contributed by atoms with Gasteiger partial charge in [-0.3, -0.25) is 4.79 Å². The van der Waals surface area contributed by atoms with Gasteiger partial charge in [0.15, 0.2) is 11.5 Å². The number of nitrogens with zero attached hydrogens (tertiary/aromatic N) is 3. The van der Waals surface area contributed by atoms with Crippen molar-refractivity contribution in [1.29, 1.82) is 0 Å². The highest BCUT2D eigenvalue weighted by Crippen LogP contribution is 2.41. The van der Waals surface area contributed by atoms with Crippen LogP contribution in [-0.2, 0) is 16.6 Å². The Bertz CT molecular complexity index is 1180. The highest BCUT2D eigenvalue weighted by molar-refractivity contribution is 6.31. The third-order valence-electron chi connectivity index (χ3n) is 9.94. The topological polar surface area (TPSA) is 45.2 Å². The molecule has 42 heavy (non-hydrogen) atoms. The van der Waals surface area contributed by atoms with Gasteiger partial charge in [-0.1, -0.05) is 36.6 Å². The van der Waals surface area contributed by atoms with Crippen molar-refractivity contribution < 1.29 is 18.7 Å². The van der Waals surface area contributed by atoms with Gasteiger partial charge in [0.2, 0.25) is 5.91 Å². The van der Waals surface area contributed by atoms with Crippen molar-refractivity contribution in [3.63, 3.8) is 0 Å². The molecule has 1 atom stereocenters. The summed E-state index contributed by atoms with van der Waals surface area (Å²) in [6.07, 6.45) is 10.4. The first-order chi connectivity index (χ1) is 20.4. The number of piperidine rings is 2. The van der Waals surface area contributed by atoms with Crippen LogP contribution in [0.1, 0.15) is 68.9 Å². The van der Waals surface area contributed by atoms with E-state index in [9.17, 15) is 9.18 Å². The lowest BCUT2D eigenvalue weighted by atomic mass is 9.73. The van der Waals surface area contributed by atoms with Crippen molar-refractivity contribution >= 4 is 17.5 Å². The normalized spacial score (nSPS) is 23.0. The second kappa shape index (κ2) is 14.4. The van der Waals surface area contributed by atoms with Crippen molar-refractivity contribution in [3.05, 3.63) is 58.4 Å². The molecule has 0 bridgehead atoms. The molecule has 2 aromatic carbocycles. The first-order valence-corrected chi connectivity index (χ1v) is 16.2. The van der Waals surface area contributed by atoms with Gasteiger partial charge in [0.05, 0.1) is 20.6 Å². The minimum atomic E-state index is -0.426. The van der Waals surface area contributed by atoms with Crippen molar-refractivity contribution in [1.82, 2.24) is 14.7 Å². The van der Waals surface area contributed by atoms with Crippen LogP contribution in [0.4, 0.5) is 4.39 Å². The molecule has 0 aliphatic carbocycles. The summed E-state index contributed by atoms with van der Waals surface area (Å²) in [7, 11) is 3.32. The highest BCUT2D eigenvalue weighted by atomic mass is 35.5. The van der Waals surface area contributed by atoms with Crippen LogP contribution in [0, 0.1) is 5.82 Å². The number of benzene rings is 2. The van der Waals surface area contributed by atoms with Gasteiger partial charge < -0.3 is 24.2 Å². The highest BCUT2D eigenvalue weighted by Gasteiger charge is 2.39. The van der Waals surface area contributed by atoms with Crippen LogP contribution in [-0.4, -0.2) is 86.7 Å². The van der Waals surface area contributed by atoms with E-state index in [4.69, 9.17) is 21.1 Å². The first kappa shape index (κ1) is 31.1. The number of halogens is 2. The van der Waals surface area contributed by atoms with Crippen molar-refractivity contribution in [2.24, 2.45) is 0 Å². The number of methoxy groups -OCH3 is 2. The predicted octanol–water partition coefficient (Wildman–Crippen LogP) is 6.33. The zero-order valence-electron chi connectivity index (χ0n) is 25.4. The summed E-state index contributed by atoms with van der Waals surface area (Å²) in [6.45, 7) is 7.01. The molecule has 3 heterocycles. The smallest absolute Gasteiger partial charge is 0.227 e. The molecule has 6 nitrogen and oxygen atoms in total. The van der Waals surface area contributed by atoms with Crippen LogP contribution in [0.2, 0.25) is 5.02 Å². The number of likely N-dealkylation sites (tertiary alicyclic amines) is 3. The largest absolute Gasteiger partial charge is 0.493 e. The maximum atomic E-state index is 14.6. The number of carbonyl (C=O) groups excluding carboxylic acids is 1. The summed E-state index contributed by atoms with van der Waals surface area (Å²) in [5.74, 6) is 0.907. The summed E-state index contributed by atoms with van der Waals surface area (Å²) < 4.78 is 25.9. The average molecular weight is 600 g/mol. The van der Waals surface area contributed by atoms with Crippen LogP contribution >= 0.6 is 11.6 Å². The lowest BCUT2D eigenvalue weighted by molar-refractivity contribution is -0.131. The second-order valence-electron chi connectivity index (χ2n) is 12.4. The Kier molecular flexibility index (Phi) is 10.7. The minimum absolute atomic E-state index is 0.0302. The van der Waals surface area contributed by atoms with Gasteiger partial charge in [0.25, 0.3) is 0 Å². The zero-order chi connectivity index (χ0) is 29.5. The average Bonchev–Trinajstić information content (AvgIpc) is 3.26. The molecule has 3 aliphatic rings. The standard InChI is InChI=1S/C34H47ClFN3O3/c1-41-31-12-11-26(23-32(31)42-2)34(16-22-37-20-13-27(14-21-37)38-17-5-3-6-18-38)15-4-7-19-39(25-34)33(40)24-28-29(35)9-8-10-30(28)36/h8-12,23,27H,3-7,13-22,24-25H2,1-2H3/t34-/m1/s1. The van der Waals surface area contributed by atoms with E-state index in [0.717, 1.165) is 51.4 Å². The number of ether oxygens (including phenoxy) is 2. The molecular weight excluding hydrogens is 553 g/mol. The summed E-state index contributed by atoms with van der Waals surface area (Å²) in [6, 6.07) is 11.6. The van der Waals surface area contributed by atoms with Gasteiger partial charge >= 0.3 is 0 Å². The van der Waals surface area contributed by atoms with Crippen LogP contribution in [0.25, 0.3) is 0 Å². The van der Waals surface area contributed by atoms with Crippen molar-refractivity contribution in [3.8, 4) is 11.5 Å². The zero-order valence-corrected chi connectivity index (χ0v) is 26.1.